The molecule has 0 atom stereocenters. The molecule has 0 aromatic heterocycles. The maximum atomic E-state index is 12.9. The van der Waals surface area contributed by atoms with Crippen molar-refractivity contribution in [3.05, 3.63) is 96.4 Å². The van der Waals surface area contributed by atoms with E-state index in [0.29, 0.717) is 28.0 Å². The van der Waals surface area contributed by atoms with Gasteiger partial charge in [0.15, 0.2) is 11.5 Å². The van der Waals surface area contributed by atoms with Crippen molar-refractivity contribution in [3.8, 4) is 11.5 Å². The molecule has 3 aromatic carbocycles. The molecule has 0 spiro atoms. The third kappa shape index (κ3) is 5.59. The minimum Gasteiger partial charge on any atom is -0.493 e. The highest BCUT2D eigenvalue weighted by molar-refractivity contribution is 14.1. The number of ether oxygens (including phenoxy) is 2. The van der Waals surface area contributed by atoms with E-state index in [1.54, 1.807) is 19.3 Å². The van der Waals surface area contributed by atoms with E-state index in [1.165, 1.54) is 4.90 Å². The first-order valence-electron chi connectivity index (χ1n) is 10.4. The lowest BCUT2D eigenvalue weighted by Crippen LogP contribution is -2.27. The number of benzene rings is 3. The number of halogens is 2. The fourth-order valence-electron chi connectivity index (χ4n) is 3.39. The van der Waals surface area contributed by atoms with Crippen molar-refractivity contribution >= 4 is 63.2 Å². The molecule has 0 bridgehead atoms. The lowest BCUT2D eigenvalue weighted by atomic mass is 10.1. The van der Waals surface area contributed by atoms with Crippen LogP contribution in [0.1, 0.15) is 22.3 Å². The quantitative estimate of drug-likeness (QED) is 0.213. The number of carbonyl (C=O) groups is 2. The molecule has 34 heavy (non-hydrogen) atoms. The Morgan fingerprint density at radius 2 is 1.82 bits per heavy atom. The van der Waals surface area contributed by atoms with E-state index in [9.17, 15) is 9.59 Å². The zero-order valence-corrected chi connectivity index (χ0v) is 22.2. The van der Waals surface area contributed by atoms with Gasteiger partial charge in [-0.15, -0.1) is 0 Å². The summed E-state index contributed by atoms with van der Waals surface area (Å²) in [6.45, 7) is 2.54. The highest BCUT2D eigenvalue weighted by atomic mass is 127. The summed E-state index contributed by atoms with van der Waals surface area (Å²) in [5.41, 5.74) is 3.64. The number of hydrogen-bond acceptors (Lipinski definition) is 5. The zero-order chi connectivity index (χ0) is 24.2. The molecule has 1 aliphatic rings. The summed E-state index contributed by atoms with van der Waals surface area (Å²) in [5, 5.41) is 0.354. The highest BCUT2D eigenvalue weighted by Gasteiger charge is 2.35. The molecule has 0 saturated carbocycles. The molecule has 2 amide bonds. The molecule has 4 rings (SSSR count). The van der Waals surface area contributed by atoms with Gasteiger partial charge in [-0.3, -0.25) is 14.5 Å². The number of methoxy groups -OCH3 is 1. The maximum Gasteiger partial charge on any atom is 0.293 e. The minimum atomic E-state index is -0.302. The average Bonchev–Trinajstić information content (AvgIpc) is 3.07. The number of thioether (sulfide) groups is 1. The number of aryl methyl sites for hydroxylation is 1. The van der Waals surface area contributed by atoms with Crippen molar-refractivity contribution in [2.45, 2.75) is 20.1 Å². The number of hydrogen-bond donors (Lipinski definition) is 0. The SMILES string of the molecule is COc1cc(/C=C2\SC(=O)N(Cc3ccc(C)cc3)C2=O)cc(I)c1OCc1ccccc1Cl. The molecule has 0 radical (unpaired) electrons. The summed E-state index contributed by atoms with van der Waals surface area (Å²) in [5.74, 6) is 0.820. The van der Waals surface area contributed by atoms with Gasteiger partial charge in [-0.2, -0.15) is 0 Å². The topological polar surface area (TPSA) is 55.8 Å². The Morgan fingerprint density at radius 1 is 1.09 bits per heavy atom. The smallest absolute Gasteiger partial charge is 0.293 e. The second-order valence-electron chi connectivity index (χ2n) is 7.67. The second kappa shape index (κ2) is 10.8. The zero-order valence-electron chi connectivity index (χ0n) is 18.5. The molecule has 0 N–H and O–H groups in total. The van der Waals surface area contributed by atoms with Crippen LogP contribution in [0.25, 0.3) is 6.08 Å². The largest absolute Gasteiger partial charge is 0.493 e. The molecule has 3 aromatic rings. The number of rotatable bonds is 7. The Morgan fingerprint density at radius 3 is 2.53 bits per heavy atom. The van der Waals surface area contributed by atoms with Crippen molar-refractivity contribution in [1.29, 1.82) is 0 Å². The van der Waals surface area contributed by atoms with Gasteiger partial charge in [0.2, 0.25) is 0 Å². The van der Waals surface area contributed by atoms with E-state index in [2.05, 4.69) is 22.6 Å². The van der Waals surface area contributed by atoms with Gasteiger partial charge in [-0.1, -0.05) is 59.6 Å². The highest BCUT2D eigenvalue weighted by Crippen LogP contribution is 2.38. The van der Waals surface area contributed by atoms with Crippen LogP contribution in [0.3, 0.4) is 0 Å². The van der Waals surface area contributed by atoms with Crippen LogP contribution in [-0.2, 0) is 17.9 Å². The van der Waals surface area contributed by atoms with Gasteiger partial charge in [-0.25, -0.2) is 0 Å². The lowest BCUT2D eigenvalue weighted by molar-refractivity contribution is -0.123. The van der Waals surface area contributed by atoms with E-state index in [4.69, 9.17) is 21.1 Å². The number of imide groups is 1. The van der Waals surface area contributed by atoms with Crippen molar-refractivity contribution in [2.75, 3.05) is 7.11 Å². The van der Waals surface area contributed by atoms with E-state index in [1.807, 2.05) is 61.5 Å². The van der Waals surface area contributed by atoms with Crippen LogP contribution >= 0.6 is 46.0 Å². The fourth-order valence-corrected chi connectivity index (χ4v) is 5.20. The van der Waals surface area contributed by atoms with Crippen molar-refractivity contribution < 1.29 is 19.1 Å². The van der Waals surface area contributed by atoms with Gasteiger partial charge in [0.1, 0.15) is 6.61 Å². The third-order valence-corrected chi connectivity index (χ3v) is 7.29. The Bertz CT molecular complexity index is 1280. The minimum absolute atomic E-state index is 0.248. The molecule has 0 aliphatic carbocycles. The van der Waals surface area contributed by atoms with Gasteiger partial charge in [0.05, 0.1) is 22.1 Å². The van der Waals surface area contributed by atoms with E-state index < -0.39 is 0 Å². The molecule has 1 heterocycles. The molecule has 174 valence electrons. The summed E-state index contributed by atoms with van der Waals surface area (Å²) in [6, 6.07) is 19.0. The Balaban J connectivity index is 1.53. The second-order valence-corrected chi connectivity index (χ2v) is 10.2. The van der Waals surface area contributed by atoms with Gasteiger partial charge in [0.25, 0.3) is 11.1 Å². The van der Waals surface area contributed by atoms with Crippen molar-refractivity contribution in [2.24, 2.45) is 0 Å². The van der Waals surface area contributed by atoms with E-state index >= 15 is 0 Å². The standard InChI is InChI=1S/C26H21ClINO4S/c1-16-7-9-17(10-8-16)14-29-25(30)23(34-26(29)31)13-18-11-21(28)24(22(12-18)32-2)33-15-19-5-3-4-6-20(19)27/h3-13H,14-15H2,1-2H3/b23-13-. The molecule has 8 heteroatoms. The molecule has 0 unspecified atom stereocenters. The predicted octanol–water partition coefficient (Wildman–Crippen LogP) is 7.08. The van der Waals surface area contributed by atoms with Gasteiger partial charge in [0, 0.05) is 10.6 Å². The van der Waals surface area contributed by atoms with Crippen LogP contribution in [0, 0.1) is 10.5 Å². The van der Waals surface area contributed by atoms with Crippen LogP contribution < -0.4 is 9.47 Å². The van der Waals surface area contributed by atoms with E-state index in [-0.39, 0.29) is 17.7 Å². The Hall–Kier alpha value is -2.49. The molecule has 1 saturated heterocycles. The van der Waals surface area contributed by atoms with Crippen molar-refractivity contribution in [3.63, 3.8) is 0 Å². The summed E-state index contributed by atoms with van der Waals surface area (Å²) in [4.78, 5) is 27.1. The number of nitrogens with zero attached hydrogens (tertiary/aromatic N) is 1. The van der Waals surface area contributed by atoms with Crippen LogP contribution in [0.5, 0.6) is 11.5 Å². The lowest BCUT2D eigenvalue weighted by Gasteiger charge is -2.14. The van der Waals surface area contributed by atoms with Gasteiger partial charge >= 0.3 is 0 Å². The summed E-state index contributed by atoms with van der Waals surface area (Å²) in [7, 11) is 1.56. The van der Waals surface area contributed by atoms with Crippen molar-refractivity contribution in [1.82, 2.24) is 4.90 Å². The molecular weight excluding hydrogens is 585 g/mol. The third-order valence-electron chi connectivity index (χ3n) is 5.21. The predicted molar refractivity (Wildman–Crippen MR) is 144 cm³/mol. The van der Waals surface area contributed by atoms with Gasteiger partial charge in [-0.05, 0) is 76.7 Å². The first kappa shape index (κ1) is 24.6. The molecule has 5 nitrogen and oxygen atoms in total. The van der Waals surface area contributed by atoms with E-state index in [0.717, 1.165) is 37.6 Å². The van der Waals surface area contributed by atoms with Crippen LogP contribution in [0.2, 0.25) is 5.02 Å². The fraction of sp³-hybridized carbons (Fsp3) is 0.154. The van der Waals surface area contributed by atoms with Crippen LogP contribution in [0.15, 0.2) is 65.6 Å². The maximum absolute atomic E-state index is 12.9. The Kier molecular flexibility index (Phi) is 7.85. The average molecular weight is 606 g/mol. The summed E-state index contributed by atoms with van der Waals surface area (Å²) >= 11 is 9.34. The van der Waals surface area contributed by atoms with Crippen LogP contribution in [-0.4, -0.2) is 23.2 Å². The molecule has 1 fully saturated rings. The van der Waals surface area contributed by atoms with Crippen LogP contribution in [0.4, 0.5) is 4.79 Å². The summed E-state index contributed by atoms with van der Waals surface area (Å²) in [6.07, 6.45) is 1.71. The number of amides is 2. The first-order valence-corrected chi connectivity index (χ1v) is 12.7. The Labute approximate surface area is 221 Å². The molecular formula is C26H21ClINO4S. The normalized spacial score (nSPS) is 14.7. The monoisotopic (exact) mass is 605 g/mol. The summed E-state index contributed by atoms with van der Waals surface area (Å²) < 4.78 is 12.4. The molecule has 1 aliphatic heterocycles. The first-order chi connectivity index (χ1) is 16.4. The number of carbonyl (C=O) groups excluding carboxylic acids is 2. The van der Waals surface area contributed by atoms with Gasteiger partial charge < -0.3 is 9.47 Å².